The van der Waals surface area contributed by atoms with Crippen molar-refractivity contribution in [1.29, 1.82) is 0 Å². The zero-order chi connectivity index (χ0) is 18.0. The number of hydrogen-bond donors (Lipinski definition) is 1. The van der Waals surface area contributed by atoms with Gasteiger partial charge in [0.2, 0.25) is 17.7 Å². The molecule has 138 valence electrons. The predicted molar refractivity (Wildman–Crippen MR) is 91.5 cm³/mol. The summed E-state index contributed by atoms with van der Waals surface area (Å²) in [6.07, 6.45) is 6.19. The molecule has 7 nitrogen and oxygen atoms in total. The fourth-order valence-corrected chi connectivity index (χ4v) is 3.70. The minimum atomic E-state index is -0.313. The molecule has 1 aliphatic carbocycles. The third-order valence-electron chi connectivity index (χ3n) is 5.17. The highest BCUT2D eigenvalue weighted by atomic mass is 16.5. The molecular formula is C18H28N4O3. The van der Waals surface area contributed by atoms with Crippen molar-refractivity contribution in [3.63, 3.8) is 0 Å². The Morgan fingerprint density at radius 3 is 2.64 bits per heavy atom. The van der Waals surface area contributed by atoms with Gasteiger partial charge in [-0.25, -0.2) is 0 Å². The fourth-order valence-electron chi connectivity index (χ4n) is 3.70. The summed E-state index contributed by atoms with van der Waals surface area (Å²) in [5.41, 5.74) is -0.256. The van der Waals surface area contributed by atoms with Gasteiger partial charge in [0.1, 0.15) is 0 Å². The molecule has 1 saturated heterocycles. The smallest absolute Gasteiger partial charge is 0.246 e. The van der Waals surface area contributed by atoms with Gasteiger partial charge in [-0.1, -0.05) is 24.4 Å². The van der Waals surface area contributed by atoms with Gasteiger partial charge in [-0.15, -0.1) is 0 Å². The molecule has 1 aromatic rings. The normalized spacial score (nSPS) is 22.4. The molecule has 0 radical (unpaired) electrons. The van der Waals surface area contributed by atoms with Crippen LogP contribution in [0.25, 0.3) is 0 Å². The van der Waals surface area contributed by atoms with E-state index in [0.29, 0.717) is 18.4 Å². The summed E-state index contributed by atoms with van der Waals surface area (Å²) in [4.78, 5) is 30.7. The van der Waals surface area contributed by atoms with Crippen LogP contribution in [0.5, 0.6) is 0 Å². The van der Waals surface area contributed by atoms with Gasteiger partial charge in [0.25, 0.3) is 0 Å². The Hall–Kier alpha value is -1.92. The number of carbonyl (C=O) groups excluding carboxylic acids is 2. The van der Waals surface area contributed by atoms with E-state index in [-0.39, 0.29) is 36.2 Å². The van der Waals surface area contributed by atoms with Gasteiger partial charge in [-0.2, -0.15) is 4.98 Å². The minimum Gasteiger partial charge on any atom is -0.347 e. The van der Waals surface area contributed by atoms with E-state index in [2.05, 4.69) is 15.5 Å². The number of likely N-dealkylation sites (tertiary alicyclic amines) is 1. The zero-order valence-corrected chi connectivity index (χ0v) is 15.4. The molecule has 0 unspecified atom stereocenters. The molecule has 7 heteroatoms. The summed E-state index contributed by atoms with van der Waals surface area (Å²) < 4.78 is 5.27. The van der Waals surface area contributed by atoms with Crippen LogP contribution in [0.3, 0.4) is 0 Å². The van der Waals surface area contributed by atoms with Crippen molar-refractivity contribution in [3.05, 3.63) is 11.7 Å². The Bertz CT molecular complexity index is 629. The van der Waals surface area contributed by atoms with Crippen molar-refractivity contribution in [1.82, 2.24) is 20.4 Å². The minimum absolute atomic E-state index is 0.0324. The van der Waals surface area contributed by atoms with E-state index in [4.69, 9.17) is 4.52 Å². The van der Waals surface area contributed by atoms with Gasteiger partial charge >= 0.3 is 0 Å². The summed E-state index contributed by atoms with van der Waals surface area (Å²) in [5.74, 6) is 1.18. The van der Waals surface area contributed by atoms with E-state index in [0.717, 1.165) is 18.7 Å². The summed E-state index contributed by atoms with van der Waals surface area (Å²) in [7, 11) is 0. The van der Waals surface area contributed by atoms with Gasteiger partial charge in [-0.05, 0) is 33.6 Å². The number of rotatable bonds is 4. The average Bonchev–Trinajstić information content (AvgIpc) is 3.20. The van der Waals surface area contributed by atoms with E-state index in [1.54, 1.807) is 4.90 Å². The first-order valence-electron chi connectivity index (χ1n) is 9.25. The number of nitrogens with zero attached hydrogens (tertiary/aromatic N) is 3. The lowest BCUT2D eigenvalue weighted by Crippen LogP contribution is -2.43. The second-order valence-electron chi connectivity index (χ2n) is 8.18. The highest BCUT2D eigenvalue weighted by molar-refractivity contribution is 5.89. The molecular weight excluding hydrogens is 320 g/mol. The molecule has 2 aliphatic rings. The van der Waals surface area contributed by atoms with Crippen LogP contribution < -0.4 is 5.32 Å². The van der Waals surface area contributed by atoms with Crippen LogP contribution in [0, 0.1) is 5.92 Å². The Kier molecular flexibility index (Phi) is 5.11. The van der Waals surface area contributed by atoms with E-state index < -0.39 is 0 Å². The van der Waals surface area contributed by atoms with E-state index in [1.165, 1.54) is 19.3 Å². The lowest BCUT2D eigenvalue weighted by Gasteiger charge is -2.31. The topological polar surface area (TPSA) is 88.3 Å². The van der Waals surface area contributed by atoms with Gasteiger partial charge in [0.15, 0.2) is 5.82 Å². The number of hydrogen-bond acceptors (Lipinski definition) is 5. The third-order valence-corrected chi connectivity index (χ3v) is 5.17. The predicted octanol–water partition coefficient (Wildman–Crippen LogP) is 2.38. The Labute approximate surface area is 148 Å². The molecule has 0 aromatic carbocycles. The van der Waals surface area contributed by atoms with Crippen LogP contribution >= 0.6 is 0 Å². The molecule has 1 aliphatic heterocycles. The highest BCUT2D eigenvalue weighted by Crippen LogP contribution is 2.30. The molecule has 0 bridgehead atoms. The number of amides is 2. The zero-order valence-electron chi connectivity index (χ0n) is 15.4. The van der Waals surface area contributed by atoms with Crippen molar-refractivity contribution in [2.45, 2.75) is 77.3 Å². The molecule has 1 aromatic heterocycles. The third kappa shape index (κ3) is 4.19. The lowest BCUT2D eigenvalue weighted by molar-refractivity contribution is -0.132. The van der Waals surface area contributed by atoms with Crippen molar-refractivity contribution < 1.29 is 14.1 Å². The quantitative estimate of drug-likeness (QED) is 0.902. The van der Waals surface area contributed by atoms with Gasteiger partial charge < -0.3 is 14.7 Å². The van der Waals surface area contributed by atoms with Crippen LogP contribution in [-0.4, -0.2) is 38.9 Å². The number of aromatic nitrogens is 2. The Morgan fingerprint density at radius 1 is 1.28 bits per heavy atom. The van der Waals surface area contributed by atoms with Crippen molar-refractivity contribution in [3.8, 4) is 0 Å². The number of nitrogens with one attached hydrogen (secondary N) is 1. The SMILES string of the molecule is CC(C)(C)N1C[C@@H](C(=O)NCc2nc(C3CCCCC3)no2)CC1=O. The summed E-state index contributed by atoms with van der Waals surface area (Å²) in [6.45, 7) is 6.63. The summed E-state index contributed by atoms with van der Waals surface area (Å²) in [6, 6.07) is 0. The largest absolute Gasteiger partial charge is 0.347 e. The second-order valence-corrected chi connectivity index (χ2v) is 8.18. The molecule has 1 saturated carbocycles. The molecule has 0 spiro atoms. The highest BCUT2D eigenvalue weighted by Gasteiger charge is 2.39. The molecule has 2 amide bonds. The van der Waals surface area contributed by atoms with E-state index >= 15 is 0 Å². The van der Waals surface area contributed by atoms with Crippen LogP contribution in [0.4, 0.5) is 0 Å². The maximum absolute atomic E-state index is 12.4. The molecule has 2 fully saturated rings. The molecule has 3 rings (SSSR count). The van der Waals surface area contributed by atoms with Crippen LogP contribution in [0.2, 0.25) is 0 Å². The van der Waals surface area contributed by atoms with E-state index in [1.807, 2.05) is 20.8 Å². The van der Waals surface area contributed by atoms with Gasteiger partial charge in [0.05, 0.1) is 12.5 Å². The average molecular weight is 348 g/mol. The van der Waals surface area contributed by atoms with Crippen molar-refractivity contribution in [2.75, 3.05) is 6.54 Å². The first-order chi connectivity index (χ1) is 11.8. The monoisotopic (exact) mass is 348 g/mol. The first-order valence-corrected chi connectivity index (χ1v) is 9.25. The van der Waals surface area contributed by atoms with Crippen molar-refractivity contribution >= 4 is 11.8 Å². The standard InChI is InChI=1S/C18H28N4O3/c1-18(2,3)22-11-13(9-15(22)23)17(24)19-10-14-20-16(21-25-14)12-7-5-4-6-8-12/h12-13H,4-11H2,1-3H3,(H,19,24)/t13-/m0/s1. The maximum atomic E-state index is 12.4. The first kappa shape index (κ1) is 17.9. The van der Waals surface area contributed by atoms with Gasteiger partial charge in [-0.3, -0.25) is 9.59 Å². The van der Waals surface area contributed by atoms with Gasteiger partial charge in [0, 0.05) is 24.4 Å². The van der Waals surface area contributed by atoms with E-state index in [9.17, 15) is 9.59 Å². The van der Waals surface area contributed by atoms with Crippen LogP contribution in [0.15, 0.2) is 4.52 Å². The maximum Gasteiger partial charge on any atom is 0.246 e. The lowest BCUT2D eigenvalue weighted by atomic mass is 9.89. The number of carbonyl (C=O) groups is 2. The molecule has 2 heterocycles. The Morgan fingerprint density at radius 2 is 2.00 bits per heavy atom. The summed E-state index contributed by atoms with van der Waals surface area (Å²) >= 11 is 0. The molecule has 25 heavy (non-hydrogen) atoms. The molecule has 1 atom stereocenters. The second kappa shape index (κ2) is 7.14. The van der Waals surface area contributed by atoms with Crippen LogP contribution in [-0.2, 0) is 16.1 Å². The molecule has 1 N–H and O–H groups in total. The van der Waals surface area contributed by atoms with Crippen LogP contribution in [0.1, 0.15) is 76.9 Å². The fraction of sp³-hybridized carbons (Fsp3) is 0.778. The van der Waals surface area contributed by atoms with Crippen molar-refractivity contribution in [2.24, 2.45) is 5.92 Å². The Balaban J connectivity index is 1.51. The summed E-state index contributed by atoms with van der Waals surface area (Å²) in [5, 5.41) is 6.91.